The maximum atomic E-state index is 5.45. The molecular weight excluding hydrogens is 348 g/mol. The third-order valence-electron chi connectivity index (χ3n) is 6.05. The number of anilines is 2. The zero-order chi connectivity index (χ0) is 19.3. The third kappa shape index (κ3) is 4.65. The van der Waals surface area contributed by atoms with E-state index in [4.69, 9.17) is 9.72 Å². The van der Waals surface area contributed by atoms with Crippen LogP contribution in [0.5, 0.6) is 0 Å². The molecule has 2 saturated heterocycles. The van der Waals surface area contributed by atoms with Crippen molar-refractivity contribution in [2.45, 2.75) is 32.9 Å². The van der Waals surface area contributed by atoms with Crippen LogP contribution in [0.15, 0.2) is 42.5 Å². The van der Waals surface area contributed by atoms with E-state index in [1.54, 1.807) is 0 Å². The minimum absolute atomic E-state index is 0.440. The zero-order valence-corrected chi connectivity index (χ0v) is 17.1. The predicted molar refractivity (Wildman–Crippen MR) is 115 cm³/mol. The molecule has 1 aromatic heterocycles. The molecule has 2 aliphatic heterocycles. The molecule has 4 rings (SSSR count). The van der Waals surface area contributed by atoms with Crippen LogP contribution in [-0.2, 0) is 11.3 Å². The number of hydrogen-bond donors (Lipinski definition) is 1. The second-order valence-corrected chi connectivity index (χ2v) is 8.10. The number of likely N-dealkylation sites (tertiary alicyclic amines) is 1. The summed E-state index contributed by atoms with van der Waals surface area (Å²) in [5, 5.41) is 3.73. The molecule has 2 aromatic rings. The van der Waals surface area contributed by atoms with E-state index in [0.29, 0.717) is 12.0 Å². The van der Waals surface area contributed by atoms with Crippen LogP contribution in [0.4, 0.5) is 11.5 Å². The Morgan fingerprint density at radius 3 is 2.64 bits per heavy atom. The Balaban J connectivity index is 1.32. The van der Waals surface area contributed by atoms with Crippen LogP contribution in [0.3, 0.4) is 0 Å². The van der Waals surface area contributed by atoms with Crippen molar-refractivity contribution in [3.05, 3.63) is 53.7 Å². The first-order chi connectivity index (χ1) is 13.7. The number of ether oxygens (including phenoxy) is 1. The number of benzene rings is 1. The molecule has 150 valence electrons. The van der Waals surface area contributed by atoms with Crippen LogP contribution in [0.25, 0.3) is 0 Å². The first-order valence-electron chi connectivity index (χ1n) is 10.5. The van der Waals surface area contributed by atoms with Gasteiger partial charge in [0, 0.05) is 32.2 Å². The van der Waals surface area contributed by atoms with Crippen molar-refractivity contribution >= 4 is 11.5 Å². The smallest absolute Gasteiger partial charge is 0.129 e. The minimum atomic E-state index is 0.440. The molecule has 0 aliphatic carbocycles. The molecule has 0 radical (unpaired) electrons. The number of aryl methyl sites for hydroxylation is 1. The topological polar surface area (TPSA) is 40.6 Å². The summed E-state index contributed by atoms with van der Waals surface area (Å²) in [5.74, 6) is 1.73. The lowest BCUT2D eigenvalue weighted by Crippen LogP contribution is -2.36. The number of nitrogens with one attached hydrogen (secondary N) is 1. The van der Waals surface area contributed by atoms with Gasteiger partial charge in [0.15, 0.2) is 0 Å². The van der Waals surface area contributed by atoms with Crippen LogP contribution in [0.2, 0.25) is 0 Å². The van der Waals surface area contributed by atoms with Crippen LogP contribution in [0, 0.1) is 12.8 Å². The molecule has 1 aromatic carbocycles. The molecule has 2 atom stereocenters. The average molecular weight is 381 g/mol. The second kappa shape index (κ2) is 8.93. The van der Waals surface area contributed by atoms with E-state index in [1.807, 2.05) is 0 Å². The van der Waals surface area contributed by atoms with Gasteiger partial charge in [-0.05, 0) is 50.4 Å². The molecule has 28 heavy (non-hydrogen) atoms. The van der Waals surface area contributed by atoms with Gasteiger partial charge in [-0.25, -0.2) is 4.98 Å². The molecule has 0 amide bonds. The molecule has 2 aliphatic rings. The van der Waals surface area contributed by atoms with Gasteiger partial charge in [-0.2, -0.15) is 0 Å². The quantitative estimate of drug-likeness (QED) is 0.830. The third-order valence-corrected chi connectivity index (χ3v) is 6.05. The normalized spacial score (nSPS) is 21.6. The molecule has 5 nitrogen and oxygen atoms in total. The highest BCUT2D eigenvalue weighted by atomic mass is 16.5. The van der Waals surface area contributed by atoms with E-state index >= 15 is 0 Å². The van der Waals surface area contributed by atoms with Crippen molar-refractivity contribution in [2.75, 3.05) is 49.6 Å². The maximum Gasteiger partial charge on any atom is 0.129 e. The summed E-state index contributed by atoms with van der Waals surface area (Å²) in [4.78, 5) is 9.73. The molecule has 0 saturated carbocycles. The minimum Gasteiger partial charge on any atom is -0.381 e. The lowest BCUT2D eigenvalue weighted by Gasteiger charge is -2.29. The van der Waals surface area contributed by atoms with Crippen molar-refractivity contribution in [2.24, 2.45) is 5.92 Å². The fourth-order valence-corrected chi connectivity index (χ4v) is 4.29. The largest absolute Gasteiger partial charge is 0.381 e. The first-order valence-corrected chi connectivity index (χ1v) is 10.5. The fraction of sp³-hybridized carbons (Fsp3) is 0.522. The highest BCUT2D eigenvalue weighted by Crippen LogP contribution is 2.26. The lowest BCUT2D eigenvalue weighted by atomic mass is 10.00. The van der Waals surface area contributed by atoms with Crippen LogP contribution >= 0.6 is 0 Å². The van der Waals surface area contributed by atoms with E-state index in [9.17, 15) is 0 Å². The van der Waals surface area contributed by atoms with Gasteiger partial charge in [-0.1, -0.05) is 30.3 Å². The van der Waals surface area contributed by atoms with E-state index in [2.05, 4.69) is 71.4 Å². The number of pyridine rings is 1. The molecular formula is C23H32N4O. The van der Waals surface area contributed by atoms with Crippen molar-refractivity contribution in [1.29, 1.82) is 0 Å². The van der Waals surface area contributed by atoms with E-state index in [1.165, 1.54) is 18.5 Å². The predicted octanol–water partition coefficient (Wildman–Crippen LogP) is 3.55. The lowest BCUT2D eigenvalue weighted by molar-refractivity contribution is 0.122. The Kier molecular flexibility index (Phi) is 6.13. The molecule has 0 bridgehead atoms. The summed E-state index contributed by atoms with van der Waals surface area (Å²) < 4.78 is 5.45. The fourth-order valence-electron chi connectivity index (χ4n) is 4.29. The van der Waals surface area contributed by atoms with Crippen LogP contribution in [0.1, 0.15) is 24.6 Å². The maximum absolute atomic E-state index is 5.45. The van der Waals surface area contributed by atoms with Gasteiger partial charge in [-0.3, -0.25) is 4.90 Å². The summed E-state index contributed by atoms with van der Waals surface area (Å²) in [6.45, 7) is 11.2. The second-order valence-electron chi connectivity index (χ2n) is 8.10. The van der Waals surface area contributed by atoms with E-state index in [-0.39, 0.29) is 0 Å². The van der Waals surface area contributed by atoms with Crippen molar-refractivity contribution in [3.63, 3.8) is 0 Å². The molecule has 3 heterocycles. The highest BCUT2D eigenvalue weighted by Gasteiger charge is 2.27. The monoisotopic (exact) mass is 380 g/mol. The van der Waals surface area contributed by atoms with Gasteiger partial charge in [0.2, 0.25) is 0 Å². The summed E-state index contributed by atoms with van der Waals surface area (Å²) >= 11 is 0. The van der Waals surface area contributed by atoms with Gasteiger partial charge in [0.05, 0.1) is 24.6 Å². The van der Waals surface area contributed by atoms with Crippen molar-refractivity contribution in [1.82, 2.24) is 9.88 Å². The van der Waals surface area contributed by atoms with Crippen molar-refractivity contribution in [3.8, 4) is 0 Å². The standard InChI is InChI=1S/C23H32N4O/c1-18(21-10-11-26(17-21)16-20-6-4-3-5-7-20)24-22-8-9-23(25-19(22)2)27-12-14-28-15-13-27/h3-9,18,21,24H,10-17H2,1-2H3/t18-,21+/m0/s1. The summed E-state index contributed by atoms with van der Waals surface area (Å²) in [7, 11) is 0. The van der Waals surface area contributed by atoms with Gasteiger partial charge in [0.1, 0.15) is 5.82 Å². The average Bonchev–Trinajstić information content (AvgIpc) is 3.19. The highest BCUT2D eigenvalue weighted by molar-refractivity contribution is 5.54. The van der Waals surface area contributed by atoms with E-state index in [0.717, 1.165) is 56.6 Å². The van der Waals surface area contributed by atoms with Crippen molar-refractivity contribution < 1.29 is 4.74 Å². The van der Waals surface area contributed by atoms with Gasteiger partial charge >= 0.3 is 0 Å². The Bertz CT molecular complexity index is 760. The Labute approximate surface area is 168 Å². The molecule has 0 spiro atoms. The molecule has 0 unspecified atom stereocenters. The van der Waals surface area contributed by atoms with Crippen LogP contribution < -0.4 is 10.2 Å². The van der Waals surface area contributed by atoms with E-state index < -0.39 is 0 Å². The summed E-state index contributed by atoms with van der Waals surface area (Å²) in [6.07, 6.45) is 1.25. The molecule has 1 N–H and O–H groups in total. The number of aromatic nitrogens is 1. The molecule has 5 heteroatoms. The first kappa shape index (κ1) is 19.2. The zero-order valence-electron chi connectivity index (χ0n) is 17.1. The Morgan fingerprint density at radius 1 is 1.11 bits per heavy atom. The van der Waals surface area contributed by atoms with Crippen LogP contribution in [-0.4, -0.2) is 55.3 Å². The van der Waals surface area contributed by atoms with Gasteiger partial charge in [0.25, 0.3) is 0 Å². The Hall–Kier alpha value is -2.11. The SMILES string of the molecule is Cc1nc(N2CCOCC2)ccc1N[C@@H](C)[C@@H]1CCN(Cc2ccccc2)C1. The summed E-state index contributed by atoms with van der Waals surface area (Å²) in [5.41, 5.74) is 3.64. The number of morpholine rings is 1. The van der Waals surface area contributed by atoms with Gasteiger partial charge in [-0.15, -0.1) is 0 Å². The number of nitrogens with zero attached hydrogens (tertiary/aromatic N) is 3. The number of rotatable bonds is 6. The Morgan fingerprint density at radius 2 is 1.89 bits per heavy atom. The number of hydrogen-bond acceptors (Lipinski definition) is 5. The summed E-state index contributed by atoms with van der Waals surface area (Å²) in [6, 6.07) is 15.6. The van der Waals surface area contributed by atoms with Gasteiger partial charge < -0.3 is 15.0 Å². The molecule has 2 fully saturated rings.